The summed E-state index contributed by atoms with van der Waals surface area (Å²) in [5.74, 6) is 1.64. The third kappa shape index (κ3) is 3.55. The number of nitrogens with zero attached hydrogens (tertiary/aromatic N) is 2. The van der Waals surface area contributed by atoms with Gasteiger partial charge in [-0.1, -0.05) is 11.6 Å². The van der Waals surface area contributed by atoms with Crippen molar-refractivity contribution in [2.45, 2.75) is 6.92 Å². The van der Waals surface area contributed by atoms with Crippen LogP contribution in [0.1, 0.15) is 6.92 Å². The van der Waals surface area contributed by atoms with Crippen molar-refractivity contribution in [1.29, 1.82) is 0 Å². The summed E-state index contributed by atoms with van der Waals surface area (Å²) in [5.41, 5.74) is 0. The van der Waals surface area contributed by atoms with Gasteiger partial charge in [0.05, 0.1) is 6.20 Å². The first-order valence-corrected chi connectivity index (χ1v) is 7.76. The lowest BCUT2D eigenvalue weighted by atomic mass is 10.1. The third-order valence-corrected chi connectivity index (χ3v) is 3.58. The molecule has 122 valence electrons. The van der Waals surface area contributed by atoms with E-state index in [0.717, 1.165) is 10.8 Å². The van der Waals surface area contributed by atoms with Crippen molar-refractivity contribution in [2.24, 2.45) is 0 Å². The summed E-state index contributed by atoms with van der Waals surface area (Å²) in [5, 5.41) is 7.33. The lowest BCUT2D eigenvalue weighted by molar-refractivity contribution is 0.252. The Hall–Kier alpha value is -2.86. The van der Waals surface area contributed by atoms with Gasteiger partial charge < -0.3 is 10.1 Å². The number of ether oxygens (including phenoxy) is 1. The number of benzene rings is 1. The predicted octanol–water partition coefficient (Wildman–Crippen LogP) is 4.22. The Morgan fingerprint density at radius 1 is 1.25 bits per heavy atom. The van der Waals surface area contributed by atoms with E-state index in [1.165, 1.54) is 0 Å². The van der Waals surface area contributed by atoms with Crippen LogP contribution >= 0.6 is 11.6 Å². The van der Waals surface area contributed by atoms with Crippen LogP contribution in [0.3, 0.4) is 0 Å². The highest BCUT2D eigenvalue weighted by atomic mass is 35.5. The van der Waals surface area contributed by atoms with Gasteiger partial charge in [0.15, 0.2) is 0 Å². The second kappa shape index (κ2) is 7.14. The topological polar surface area (TPSA) is 76.1 Å². The molecule has 0 saturated carbocycles. The van der Waals surface area contributed by atoms with E-state index in [9.17, 15) is 4.79 Å². The second-order valence-electron chi connectivity index (χ2n) is 4.94. The maximum absolute atomic E-state index is 11.6. The monoisotopic (exact) mass is 342 g/mol. The van der Waals surface area contributed by atoms with Crippen LogP contribution in [0.25, 0.3) is 10.8 Å². The average Bonchev–Trinajstić information content (AvgIpc) is 2.59. The number of nitrogens with one attached hydrogen (secondary N) is 2. The maximum Gasteiger partial charge on any atom is 0.320 e. The first-order valence-electron chi connectivity index (χ1n) is 7.38. The summed E-state index contributed by atoms with van der Waals surface area (Å²) in [6.45, 7) is 2.37. The van der Waals surface area contributed by atoms with Crippen molar-refractivity contribution in [3.8, 4) is 11.5 Å². The van der Waals surface area contributed by atoms with Crippen LogP contribution < -0.4 is 15.4 Å². The first-order chi connectivity index (χ1) is 11.7. The zero-order valence-electron chi connectivity index (χ0n) is 12.9. The number of hydrogen-bond donors (Lipinski definition) is 2. The molecule has 0 atom stereocenters. The predicted molar refractivity (Wildman–Crippen MR) is 93.8 cm³/mol. The molecule has 0 saturated heterocycles. The number of pyridine rings is 2. The molecule has 3 aromatic rings. The Morgan fingerprint density at radius 2 is 2.12 bits per heavy atom. The van der Waals surface area contributed by atoms with E-state index in [-0.39, 0.29) is 6.03 Å². The Bertz CT molecular complexity index is 871. The molecule has 1 aromatic carbocycles. The fourth-order valence-corrected chi connectivity index (χ4v) is 2.41. The molecule has 0 spiro atoms. The lowest BCUT2D eigenvalue weighted by Gasteiger charge is -2.11. The molecule has 2 N–H and O–H groups in total. The number of aromatic nitrogens is 2. The molecule has 0 unspecified atom stereocenters. The number of amides is 2. The van der Waals surface area contributed by atoms with Crippen molar-refractivity contribution < 1.29 is 9.53 Å². The minimum Gasteiger partial charge on any atom is -0.455 e. The molecule has 2 aromatic heterocycles. The molecule has 2 heterocycles. The summed E-state index contributed by atoms with van der Waals surface area (Å²) in [4.78, 5) is 19.9. The SMILES string of the molecule is CCNC(=O)Nc1cc2c(Cl)ccc(Oc3cccnc3)c2cn1. The molecule has 24 heavy (non-hydrogen) atoms. The zero-order valence-corrected chi connectivity index (χ0v) is 13.7. The van der Waals surface area contributed by atoms with E-state index in [2.05, 4.69) is 20.6 Å². The molecule has 6 nitrogen and oxygen atoms in total. The molecule has 0 fully saturated rings. The number of carbonyl (C=O) groups is 1. The lowest BCUT2D eigenvalue weighted by Crippen LogP contribution is -2.28. The van der Waals surface area contributed by atoms with Crippen molar-refractivity contribution in [3.63, 3.8) is 0 Å². The van der Waals surface area contributed by atoms with E-state index < -0.39 is 0 Å². The van der Waals surface area contributed by atoms with Crippen LogP contribution in [-0.2, 0) is 0 Å². The van der Waals surface area contributed by atoms with Gasteiger partial charge in [-0.3, -0.25) is 10.3 Å². The normalized spacial score (nSPS) is 10.4. The number of urea groups is 1. The molecular weight excluding hydrogens is 328 g/mol. The second-order valence-corrected chi connectivity index (χ2v) is 5.34. The van der Waals surface area contributed by atoms with Crippen LogP contribution in [0.4, 0.5) is 10.6 Å². The molecule has 7 heteroatoms. The largest absolute Gasteiger partial charge is 0.455 e. The summed E-state index contributed by atoms with van der Waals surface area (Å²) < 4.78 is 5.85. The highest BCUT2D eigenvalue weighted by Crippen LogP contribution is 2.34. The molecule has 0 aliphatic rings. The Kier molecular flexibility index (Phi) is 4.77. The summed E-state index contributed by atoms with van der Waals surface area (Å²) in [7, 11) is 0. The minimum absolute atomic E-state index is 0.316. The molecular formula is C17H15ClN4O2. The van der Waals surface area contributed by atoms with Gasteiger partial charge in [0.25, 0.3) is 0 Å². The Labute approximate surface area is 143 Å². The number of fused-ring (bicyclic) bond motifs is 1. The van der Waals surface area contributed by atoms with E-state index in [0.29, 0.717) is 28.9 Å². The minimum atomic E-state index is -0.316. The van der Waals surface area contributed by atoms with Gasteiger partial charge >= 0.3 is 6.03 Å². The van der Waals surface area contributed by atoms with E-state index >= 15 is 0 Å². The van der Waals surface area contributed by atoms with Crippen LogP contribution in [0, 0.1) is 0 Å². The van der Waals surface area contributed by atoms with Crippen LogP contribution in [-0.4, -0.2) is 22.5 Å². The van der Waals surface area contributed by atoms with Gasteiger partial charge in [-0.15, -0.1) is 0 Å². The van der Waals surface area contributed by atoms with Gasteiger partial charge in [-0.25, -0.2) is 9.78 Å². The van der Waals surface area contributed by atoms with Crippen LogP contribution in [0.5, 0.6) is 11.5 Å². The first kappa shape index (κ1) is 16.0. The maximum atomic E-state index is 11.6. The van der Waals surface area contributed by atoms with Gasteiger partial charge in [0.1, 0.15) is 17.3 Å². The molecule has 0 radical (unpaired) electrons. The van der Waals surface area contributed by atoms with Crippen molar-refractivity contribution in [3.05, 3.63) is 53.9 Å². The van der Waals surface area contributed by atoms with Gasteiger partial charge in [0.2, 0.25) is 0 Å². The highest BCUT2D eigenvalue weighted by Gasteiger charge is 2.10. The molecule has 2 amide bonds. The number of halogens is 1. The average molecular weight is 343 g/mol. The number of anilines is 1. The molecule has 0 aliphatic heterocycles. The van der Waals surface area contributed by atoms with Gasteiger partial charge in [-0.05, 0) is 37.3 Å². The smallest absolute Gasteiger partial charge is 0.320 e. The van der Waals surface area contributed by atoms with Crippen LogP contribution in [0.15, 0.2) is 48.9 Å². The van der Waals surface area contributed by atoms with E-state index in [4.69, 9.17) is 16.3 Å². The summed E-state index contributed by atoms with van der Waals surface area (Å²) in [6, 6.07) is 8.51. The fraction of sp³-hybridized carbons (Fsp3) is 0.118. The van der Waals surface area contributed by atoms with Crippen LogP contribution in [0.2, 0.25) is 5.02 Å². The highest BCUT2D eigenvalue weighted by molar-refractivity contribution is 6.35. The van der Waals surface area contributed by atoms with E-state index in [1.54, 1.807) is 42.9 Å². The Balaban J connectivity index is 1.95. The summed E-state index contributed by atoms with van der Waals surface area (Å²) in [6.07, 6.45) is 4.92. The third-order valence-electron chi connectivity index (χ3n) is 3.25. The fourth-order valence-electron chi connectivity index (χ4n) is 2.19. The van der Waals surface area contributed by atoms with Crippen molar-refractivity contribution in [2.75, 3.05) is 11.9 Å². The number of carbonyl (C=O) groups excluding carboxylic acids is 1. The van der Waals surface area contributed by atoms with Crippen molar-refractivity contribution in [1.82, 2.24) is 15.3 Å². The van der Waals surface area contributed by atoms with Gasteiger partial charge in [-0.2, -0.15) is 0 Å². The molecule has 3 rings (SSSR count). The summed E-state index contributed by atoms with van der Waals surface area (Å²) >= 11 is 6.28. The Morgan fingerprint density at radius 3 is 2.88 bits per heavy atom. The quantitative estimate of drug-likeness (QED) is 0.744. The van der Waals surface area contributed by atoms with Crippen molar-refractivity contribution >= 4 is 34.2 Å². The van der Waals surface area contributed by atoms with E-state index in [1.807, 2.05) is 13.0 Å². The molecule has 0 aliphatic carbocycles. The number of rotatable bonds is 4. The zero-order chi connectivity index (χ0) is 16.9. The van der Waals surface area contributed by atoms with Gasteiger partial charge in [0, 0.05) is 34.7 Å². The number of hydrogen-bond acceptors (Lipinski definition) is 4. The standard InChI is InChI=1S/C17H15ClN4O2/c1-2-20-17(23)22-16-8-12-13(10-21-16)15(6-5-14(12)18)24-11-4-3-7-19-9-11/h3-10H,2H2,1H3,(H2,20,21,22,23). The molecule has 0 bridgehead atoms.